The molecule has 4 rings (SSSR count). The molecule has 1 aliphatic heterocycles. The highest BCUT2D eigenvalue weighted by Gasteiger charge is 2.26. The van der Waals surface area contributed by atoms with Crippen molar-refractivity contribution in [3.8, 4) is 5.75 Å². The number of ether oxygens (including phenoxy) is 2. The minimum absolute atomic E-state index is 0.0148. The molecule has 7 heteroatoms. The van der Waals surface area contributed by atoms with Gasteiger partial charge in [0.25, 0.3) is 0 Å². The van der Waals surface area contributed by atoms with Crippen LogP contribution in [0.15, 0.2) is 59.8 Å². The van der Waals surface area contributed by atoms with Crippen molar-refractivity contribution in [3.05, 3.63) is 76.2 Å². The first-order chi connectivity index (χ1) is 15.2. The Morgan fingerprint density at radius 3 is 2.68 bits per heavy atom. The number of carbonyl (C=O) groups excluding carboxylic acids is 1. The van der Waals surface area contributed by atoms with Crippen molar-refractivity contribution in [2.75, 3.05) is 24.3 Å². The van der Waals surface area contributed by atoms with Gasteiger partial charge in [-0.3, -0.25) is 4.79 Å². The molecule has 0 saturated heterocycles. The van der Waals surface area contributed by atoms with Gasteiger partial charge in [-0.1, -0.05) is 47.6 Å². The van der Waals surface area contributed by atoms with Gasteiger partial charge in [-0.15, -0.1) is 11.6 Å². The van der Waals surface area contributed by atoms with Crippen molar-refractivity contribution < 1.29 is 14.3 Å². The van der Waals surface area contributed by atoms with Crippen LogP contribution in [0.2, 0.25) is 0 Å². The van der Waals surface area contributed by atoms with Crippen molar-refractivity contribution in [2.24, 2.45) is 5.18 Å². The number of anilines is 1. The maximum absolute atomic E-state index is 11.7. The van der Waals surface area contributed by atoms with Gasteiger partial charge in [0.15, 0.2) is 0 Å². The minimum atomic E-state index is -0.444. The van der Waals surface area contributed by atoms with E-state index in [-0.39, 0.29) is 25.5 Å². The Labute approximate surface area is 185 Å². The van der Waals surface area contributed by atoms with Crippen LogP contribution in [0.3, 0.4) is 0 Å². The molecule has 0 saturated carbocycles. The third kappa shape index (κ3) is 4.80. The van der Waals surface area contributed by atoms with Crippen LogP contribution >= 0.6 is 11.6 Å². The van der Waals surface area contributed by atoms with Crippen LogP contribution in [-0.4, -0.2) is 24.9 Å². The number of halogens is 1. The number of benzene rings is 3. The first kappa shape index (κ1) is 21.1. The van der Waals surface area contributed by atoms with Crippen LogP contribution in [0, 0.1) is 4.91 Å². The molecule has 0 aliphatic carbocycles. The minimum Gasteiger partial charge on any atom is -0.488 e. The molecule has 3 aromatic carbocycles. The van der Waals surface area contributed by atoms with Gasteiger partial charge in [-0.05, 0) is 28.1 Å². The standard InChI is InChI=1S/C24H23ClN2O4/c25-12-18-13-26-21-11-22(30-14-16-4-2-1-3-5-16)20-10-17(6-7-19(20)24(18)21)15-31-23(28)8-9-27-29/h1-7,10-11,18,26H,8-9,12-15H2/t18-/m1/s1. The van der Waals surface area contributed by atoms with E-state index >= 15 is 0 Å². The number of rotatable bonds is 9. The Morgan fingerprint density at radius 2 is 1.90 bits per heavy atom. The third-order valence-electron chi connectivity index (χ3n) is 5.38. The lowest BCUT2D eigenvalue weighted by molar-refractivity contribution is -0.144. The number of nitrogens with zero attached hydrogens (tertiary/aromatic N) is 1. The zero-order valence-electron chi connectivity index (χ0n) is 17.0. The molecule has 0 aromatic heterocycles. The second kappa shape index (κ2) is 9.79. The molecule has 0 fully saturated rings. The Balaban J connectivity index is 1.65. The Hall–Kier alpha value is -3.12. The van der Waals surface area contributed by atoms with E-state index < -0.39 is 5.97 Å². The Morgan fingerprint density at radius 1 is 1.06 bits per heavy atom. The molecule has 6 nitrogen and oxygen atoms in total. The largest absolute Gasteiger partial charge is 0.488 e. The second-order valence-electron chi connectivity index (χ2n) is 7.49. The van der Waals surface area contributed by atoms with E-state index in [1.54, 1.807) is 0 Å². The number of fused-ring (bicyclic) bond motifs is 3. The molecule has 1 N–H and O–H groups in total. The molecule has 1 heterocycles. The average Bonchev–Trinajstić information content (AvgIpc) is 3.23. The van der Waals surface area contributed by atoms with E-state index in [1.807, 2.05) is 54.6 Å². The predicted octanol–water partition coefficient (Wildman–Crippen LogP) is 5.37. The smallest absolute Gasteiger partial charge is 0.308 e. The summed E-state index contributed by atoms with van der Waals surface area (Å²) in [6, 6.07) is 18.0. The SMILES string of the molecule is O=NCCC(=O)OCc1ccc2c3c(cc(OCc4ccccc4)c2c1)NC[C@H]3CCl. The van der Waals surface area contributed by atoms with Crippen LogP contribution in [-0.2, 0) is 22.7 Å². The van der Waals surface area contributed by atoms with E-state index in [0.717, 1.165) is 39.9 Å². The number of hydrogen-bond donors (Lipinski definition) is 1. The monoisotopic (exact) mass is 438 g/mol. The number of nitrogens with one attached hydrogen (secondary N) is 1. The third-order valence-corrected chi connectivity index (χ3v) is 5.76. The molecule has 1 atom stereocenters. The molecule has 1 aliphatic rings. The van der Waals surface area contributed by atoms with E-state index in [9.17, 15) is 9.70 Å². The fraction of sp³-hybridized carbons (Fsp3) is 0.292. The summed E-state index contributed by atoms with van der Waals surface area (Å²) in [7, 11) is 0. The summed E-state index contributed by atoms with van der Waals surface area (Å²) < 4.78 is 11.5. The van der Waals surface area contributed by atoms with E-state index in [2.05, 4.69) is 10.5 Å². The van der Waals surface area contributed by atoms with Gasteiger partial charge in [0.05, 0.1) is 13.0 Å². The fourth-order valence-electron chi connectivity index (χ4n) is 3.83. The highest BCUT2D eigenvalue weighted by Crippen LogP contribution is 2.43. The summed E-state index contributed by atoms with van der Waals surface area (Å²) in [4.78, 5) is 21.9. The summed E-state index contributed by atoms with van der Waals surface area (Å²) in [6.45, 7) is 1.29. The summed E-state index contributed by atoms with van der Waals surface area (Å²) in [5.41, 5.74) is 4.16. The van der Waals surface area contributed by atoms with Crippen molar-refractivity contribution >= 4 is 34.0 Å². The van der Waals surface area contributed by atoms with Crippen LogP contribution in [0.25, 0.3) is 10.8 Å². The van der Waals surface area contributed by atoms with E-state index in [0.29, 0.717) is 12.5 Å². The van der Waals surface area contributed by atoms with Crippen molar-refractivity contribution in [2.45, 2.75) is 25.6 Å². The van der Waals surface area contributed by atoms with E-state index in [1.165, 1.54) is 5.56 Å². The zero-order chi connectivity index (χ0) is 21.6. The van der Waals surface area contributed by atoms with Crippen molar-refractivity contribution in [1.82, 2.24) is 0 Å². The lowest BCUT2D eigenvalue weighted by Crippen LogP contribution is -2.06. The second-order valence-corrected chi connectivity index (χ2v) is 7.79. The summed E-state index contributed by atoms with van der Waals surface area (Å²) in [5, 5.41) is 8.17. The van der Waals surface area contributed by atoms with E-state index in [4.69, 9.17) is 21.1 Å². The molecular weight excluding hydrogens is 416 g/mol. The first-order valence-electron chi connectivity index (χ1n) is 10.2. The normalized spacial score (nSPS) is 14.7. The lowest BCUT2D eigenvalue weighted by atomic mass is 9.94. The maximum atomic E-state index is 11.7. The van der Waals surface area contributed by atoms with Gasteiger partial charge >= 0.3 is 5.97 Å². The van der Waals surface area contributed by atoms with Crippen LogP contribution in [0.4, 0.5) is 5.69 Å². The molecule has 0 spiro atoms. The van der Waals surface area contributed by atoms with Gasteiger partial charge in [-0.2, -0.15) is 4.91 Å². The summed E-state index contributed by atoms with van der Waals surface area (Å²) in [5.74, 6) is 1.07. The molecule has 0 amide bonds. The molecule has 31 heavy (non-hydrogen) atoms. The predicted molar refractivity (Wildman–Crippen MR) is 122 cm³/mol. The number of nitroso groups, excluding NO2 is 1. The molecule has 3 aromatic rings. The maximum Gasteiger partial charge on any atom is 0.308 e. The van der Waals surface area contributed by atoms with Crippen LogP contribution in [0.1, 0.15) is 29.0 Å². The Kier molecular flexibility index (Phi) is 6.67. The lowest BCUT2D eigenvalue weighted by Gasteiger charge is -2.16. The number of esters is 1. The highest BCUT2D eigenvalue weighted by molar-refractivity contribution is 6.18. The molecular formula is C24H23ClN2O4. The van der Waals surface area contributed by atoms with Gasteiger partial charge in [0.2, 0.25) is 0 Å². The quantitative estimate of drug-likeness (QED) is 0.276. The topological polar surface area (TPSA) is 77.0 Å². The van der Waals surface area contributed by atoms with Crippen LogP contribution in [0.5, 0.6) is 5.75 Å². The molecule has 160 valence electrons. The first-order valence-corrected chi connectivity index (χ1v) is 10.7. The van der Waals surface area contributed by atoms with Gasteiger partial charge in [-0.25, -0.2) is 0 Å². The van der Waals surface area contributed by atoms with Crippen LogP contribution < -0.4 is 10.1 Å². The van der Waals surface area contributed by atoms with Crippen molar-refractivity contribution in [1.29, 1.82) is 0 Å². The highest BCUT2D eigenvalue weighted by atomic mass is 35.5. The number of carbonyl (C=O) groups is 1. The molecule has 0 bridgehead atoms. The van der Waals surface area contributed by atoms with Crippen molar-refractivity contribution in [3.63, 3.8) is 0 Å². The average molecular weight is 439 g/mol. The summed E-state index contributed by atoms with van der Waals surface area (Å²) in [6.07, 6.45) is -0.0148. The summed E-state index contributed by atoms with van der Waals surface area (Å²) >= 11 is 6.22. The fourth-order valence-corrected chi connectivity index (χ4v) is 4.10. The van der Waals surface area contributed by atoms with Gasteiger partial charge in [0.1, 0.15) is 19.0 Å². The number of alkyl halides is 1. The zero-order valence-corrected chi connectivity index (χ0v) is 17.7. The molecule has 0 unspecified atom stereocenters. The van der Waals surface area contributed by atoms with Gasteiger partial charge in [0, 0.05) is 35.5 Å². The van der Waals surface area contributed by atoms with Gasteiger partial charge < -0.3 is 14.8 Å². The Bertz CT molecular complexity index is 1090. The molecule has 0 radical (unpaired) electrons. The number of hydrogen-bond acceptors (Lipinski definition) is 6.